The molecule has 0 heterocycles. The van der Waals surface area contributed by atoms with Gasteiger partial charge < -0.3 is 5.73 Å². The lowest BCUT2D eigenvalue weighted by Crippen LogP contribution is -2.06. The Kier molecular flexibility index (Phi) is 3.58. The molecule has 0 fully saturated rings. The number of nitrogens with two attached hydrogens (primary N) is 1. The van der Waals surface area contributed by atoms with Crippen LogP contribution in [0.3, 0.4) is 0 Å². The van der Waals surface area contributed by atoms with Gasteiger partial charge in [0.25, 0.3) is 0 Å². The molecule has 2 heteroatoms. The van der Waals surface area contributed by atoms with Crippen LogP contribution in [-0.4, -0.2) is 12.9 Å². The zero-order valence-corrected chi connectivity index (χ0v) is 4.96. The zero-order valence-electron chi connectivity index (χ0n) is 4.96. The molecule has 0 aromatic rings. The second-order valence-electron chi connectivity index (χ2n) is 1.24. The van der Waals surface area contributed by atoms with Crippen molar-refractivity contribution in [2.45, 2.75) is 0 Å². The fourth-order valence-corrected chi connectivity index (χ4v) is 0.241. The zero-order chi connectivity index (χ0) is 6.41. The maximum atomic E-state index is 5.27. The van der Waals surface area contributed by atoms with Crippen LogP contribution in [0.4, 0.5) is 0 Å². The van der Waals surface area contributed by atoms with Gasteiger partial charge in [-0.25, -0.2) is 0 Å². The predicted molar refractivity (Wildman–Crippen MR) is 36.9 cm³/mol. The molecule has 0 rings (SSSR count). The van der Waals surface area contributed by atoms with Gasteiger partial charge in [0.1, 0.15) is 5.84 Å². The number of rotatable bonds is 2. The van der Waals surface area contributed by atoms with E-state index in [0.29, 0.717) is 5.84 Å². The van der Waals surface area contributed by atoms with Crippen LogP contribution in [-0.2, 0) is 0 Å². The molecule has 0 amide bonds. The van der Waals surface area contributed by atoms with Crippen molar-refractivity contribution in [2.24, 2.45) is 10.7 Å². The first-order chi connectivity index (χ1) is 3.81. The molecular formula is C6H10N2. The Bertz CT molecular complexity index is 122. The minimum absolute atomic E-state index is 0.518. The normalized spacial score (nSPS) is 12.4. The molecule has 0 aromatic heterocycles. The van der Waals surface area contributed by atoms with Gasteiger partial charge in [0.15, 0.2) is 0 Å². The molecule has 0 spiro atoms. The second-order valence-corrected chi connectivity index (χ2v) is 1.24. The third-order valence-electron chi connectivity index (χ3n) is 0.661. The highest BCUT2D eigenvalue weighted by molar-refractivity contribution is 5.91. The summed E-state index contributed by atoms with van der Waals surface area (Å²) < 4.78 is 0. The maximum absolute atomic E-state index is 5.27. The van der Waals surface area contributed by atoms with Crippen LogP contribution in [0.25, 0.3) is 0 Å². The summed E-state index contributed by atoms with van der Waals surface area (Å²) in [6, 6.07) is 0. The van der Waals surface area contributed by atoms with E-state index in [1.807, 2.05) is 0 Å². The maximum Gasteiger partial charge on any atom is 0.117 e. The molecular weight excluding hydrogens is 100 g/mol. The molecule has 0 aliphatic rings. The van der Waals surface area contributed by atoms with Crippen LogP contribution in [0.5, 0.6) is 0 Å². The summed E-state index contributed by atoms with van der Waals surface area (Å²) in [7, 11) is 1.64. The molecule has 0 aromatic carbocycles. The first-order valence-electron chi connectivity index (χ1n) is 2.32. The van der Waals surface area contributed by atoms with Gasteiger partial charge in [-0.15, -0.1) is 0 Å². The van der Waals surface area contributed by atoms with Crippen molar-refractivity contribution in [3.8, 4) is 0 Å². The lowest BCUT2D eigenvalue weighted by atomic mass is 10.4. The molecule has 0 unspecified atom stereocenters. The summed E-state index contributed by atoms with van der Waals surface area (Å²) in [6.45, 7) is 3.47. The summed E-state index contributed by atoms with van der Waals surface area (Å²) in [6.07, 6.45) is 5.08. The largest absolute Gasteiger partial charge is 0.384 e. The summed E-state index contributed by atoms with van der Waals surface area (Å²) in [5.74, 6) is 0.518. The van der Waals surface area contributed by atoms with Gasteiger partial charge in [-0.3, -0.25) is 4.99 Å². The van der Waals surface area contributed by atoms with Crippen LogP contribution < -0.4 is 5.73 Å². The van der Waals surface area contributed by atoms with E-state index in [9.17, 15) is 0 Å². The fraction of sp³-hybridized carbons (Fsp3) is 0.167. The van der Waals surface area contributed by atoms with Crippen LogP contribution in [0.1, 0.15) is 0 Å². The molecule has 8 heavy (non-hydrogen) atoms. The van der Waals surface area contributed by atoms with E-state index in [1.54, 1.807) is 25.3 Å². The SMILES string of the molecule is C=C/C=C\C(N)=N/C. The van der Waals surface area contributed by atoms with Gasteiger partial charge in [-0.1, -0.05) is 18.7 Å². The topological polar surface area (TPSA) is 38.4 Å². The smallest absolute Gasteiger partial charge is 0.117 e. The Morgan fingerprint density at radius 2 is 2.38 bits per heavy atom. The average molecular weight is 110 g/mol. The van der Waals surface area contributed by atoms with Crippen LogP contribution in [0.2, 0.25) is 0 Å². The van der Waals surface area contributed by atoms with Crippen LogP contribution in [0, 0.1) is 0 Å². The van der Waals surface area contributed by atoms with Gasteiger partial charge in [-0.05, 0) is 6.08 Å². The number of amidine groups is 1. The van der Waals surface area contributed by atoms with Crippen molar-refractivity contribution < 1.29 is 0 Å². The van der Waals surface area contributed by atoms with E-state index in [0.717, 1.165) is 0 Å². The van der Waals surface area contributed by atoms with E-state index < -0.39 is 0 Å². The molecule has 0 aliphatic heterocycles. The standard InChI is InChI=1S/C6H10N2/c1-3-4-5-6(7)8-2/h3-5H,1H2,2H3,(H2,7,8)/b5-4-. The molecule has 0 saturated heterocycles. The molecule has 0 bridgehead atoms. The first-order valence-corrected chi connectivity index (χ1v) is 2.32. The Morgan fingerprint density at radius 3 is 2.75 bits per heavy atom. The van der Waals surface area contributed by atoms with E-state index >= 15 is 0 Å². The minimum Gasteiger partial charge on any atom is -0.384 e. The monoisotopic (exact) mass is 110 g/mol. The van der Waals surface area contributed by atoms with Crippen molar-refractivity contribution in [3.63, 3.8) is 0 Å². The summed E-state index contributed by atoms with van der Waals surface area (Å²) in [5.41, 5.74) is 5.27. The summed E-state index contributed by atoms with van der Waals surface area (Å²) in [4.78, 5) is 3.69. The minimum atomic E-state index is 0.518. The van der Waals surface area contributed by atoms with Gasteiger partial charge in [0.2, 0.25) is 0 Å². The Balaban J connectivity index is 3.69. The highest BCUT2D eigenvalue weighted by Crippen LogP contribution is 1.72. The molecule has 0 aliphatic carbocycles. The fourth-order valence-electron chi connectivity index (χ4n) is 0.241. The Labute approximate surface area is 49.4 Å². The van der Waals surface area contributed by atoms with E-state index in [1.165, 1.54) is 0 Å². The predicted octanol–water partition coefficient (Wildman–Crippen LogP) is 0.716. The molecule has 44 valence electrons. The lowest BCUT2D eigenvalue weighted by molar-refractivity contribution is 1.41. The number of allylic oxidation sites excluding steroid dienone is 2. The lowest BCUT2D eigenvalue weighted by Gasteiger charge is -1.82. The van der Waals surface area contributed by atoms with E-state index in [4.69, 9.17) is 5.73 Å². The highest BCUT2D eigenvalue weighted by atomic mass is 14.8. The highest BCUT2D eigenvalue weighted by Gasteiger charge is 1.72. The Morgan fingerprint density at radius 1 is 1.75 bits per heavy atom. The molecule has 0 atom stereocenters. The van der Waals surface area contributed by atoms with Crippen molar-refractivity contribution in [2.75, 3.05) is 7.05 Å². The van der Waals surface area contributed by atoms with Crippen molar-refractivity contribution in [1.82, 2.24) is 0 Å². The molecule has 2 N–H and O–H groups in total. The van der Waals surface area contributed by atoms with E-state index in [2.05, 4.69) is 11.6 Å². The molecule has 2 nitrogen and oxygen atoms in total. The van der Waals surface area contributed by atoms with Gasteiger partial charge in [0, 0.05) is 7.05 Å². The third-order valence-corrected chi connectivity index (χ3v) is 0.661. The number of nitrogens with zero attached hydrogens (tertiary/aromatic N) is 1. The van der Waals surface area contributed by atoms with Crippen LogP contribution in [0.15, 0.2) is 29.8 Å². The number of aliphatic imine (C=N–C) groups is 1. The number of hydrogen-bond donors (Lipinski definition) is 1. The van der Waals surface area contributed by atoms with Crippen LogP contribution >= 0.6 is 0 Å². The van der Waals surface area contributed by atoms with E-state index in [-0.39, 0.29) is 0 Å². The third kappa shape index (κ3) is 3.15. The average Bonchev–Trinajstić information content (AvgIpc) is 1.83. The van der Waals surface area contributed by atoms with Crippen molar-refractivity contribution in [3.05, 3.63) is 24.8 Å². The van der Waals surface area contributed by atoms with Gasteiger partial charge in [0.05, 0.1) is 0 Å². The second kappa shape index (κ2) is 4.12. The summed E-state index contributed by atoms with van der Waals surface area (Å²) >= 11 is 0. The molecule has 0 saturated carbocycles. The van der Waals surface area contributed by atoms with Gasteiger partial charge >= 0.3 is 0 Å². The quantitative estimate of drug-likeness (QED) is 0.317. The number of hydrogen-bond acceptors (Lipinski definition) is 1. The van der Waals surface area contributed by atoms with Crippen molar-refractivity contribution >= 4 is 5.84 Å². The first kappa shape index (κ1) is 6.95. The van der Waals surface area contributed by atoms with Crippen molar-refractivity contribution in [1.29, 1.82) is 0 Å². The van der Waals surface area contributed by atoms with Gasteiger partial charge in [-0.2, -0.15) is 0 Å². The molecule has 0 radical (unpaired) electrons. The Hall–Kier alpha value is -1.05. The summed E-state index contributed by atoms with van der Waals surface area (Å²) in [5, 5.41) is 0.